The van der Waals surface area contributed by atoms with Crippen molar-refractivity contribution in [3.05, 3.63) is 42.4 Å². The first kappa shape index (κ1) is 11.3. The molecular weight excluding hydrogens is 216 g/mol. The van der Waals surface area contributed by atoms with E-state index in [-0.39, 0.29) is 0 Å². The van der Waals surface area contributed by atoms with Crippen LogP contribution in [0, 0.1) is 0 Å². The van der Waals surface area contributed by atoms with Gasteiger partial charge in [-0.15, -0.1) is 0 Å². The van der Waals surface area contributed by atoms with Gasteiger partial charge in [0.25, 0.3) is 0 Å². The summed E-state index contributed by atoms with van der Waals surface area (Å²) in [5.41, 5.74) is 6.42. The minimum atomic E-state index is 0.331. The second kappa shape index (κ2) is 5.27. The first-order valence-electron chi connectivity index (χ1n) is 5.25. The first-order chi connectivity index (χ1) is 8.31. The minimum absolute atomic E-state index is 0.331. The zero-order chi connectivity index (χ0) is 12.1. The number of hydrogen-bond donors (Lipinski definition) is 2. The third-order valence-corrected chi connectivity index (χ3v) is 2.25. The average Bonchev–Trinajstić information content (AvgIpc) is 2.40. The molecule has 0 atom stereocenters. The normalized spacial score (nSPS) is 10.0. The zero-order valence-corrected chi connectivity index (χ0v) is 9.55. The van der Waals surface area contributed by atoms with Gasteiger partial charge in [-0.2, -0.15) is 0 Å². The van der Waals surface area contributed by atoms with Gasteiger partial charge in [0.15, 0.2) is 0 Å². The highest BCUT2D eigenvalue weighted by molar-refractivity contribution is 5.56. The van der Waals surface area contributed by atoms with Crippen LogP contribution < -0.4 is 15.8 Å². The Morgan fingerprint density at radius 2 is 2.00 bits per heavy atom. The van der Waals surface area contributed by atoms with E-state index in [1.165, 1.54) is 0 Å². The summed E-state index contributed by atoms with van der Waals surface area (Å²) in [6.45, 7) is 0.331. The molecule has 5 nitrogen and oxygen atoms in total. The Hall–Kier alpha value is -2.14. The molecule has 2 aromatic rings. The highest BCUT2D eigenvalue weighted by Gasteiger charge is 1.98. The Morgan fingerprint density at radius 1 is 1.24 bits per heavy atom. The van der Waals surface area contributed by atoms with Crippen molar-refractivity contribution in [3.8, 4) is 5.75 Å². The van der Waals surface area contributed by atoms with Gasteiger partial charge in [-0.25, -0.2) is 9.97 Å². The molecule has 0 fully saturated rings. The van der Waals surface area contributed by atoms with E-state index in [2.05, 4.69) is 15.3 Å². The van der Waals surface area contributed by atoms with Crippen LogP contribution in [0.25, 0.3) is 0 Å². The fourth-order valence-corrected chi connectivity index (χ4v) is 1.39. The highest BCUT2D eigenvalue weighted by atomic mass is 16.5. The van der Waals surface area contributed by atoms with Crippen molar-refractivity contribution in [1.29, 1.82) is 0 Å². The number of nitrogens with one attached hydrogen (secondary N) is 1. The topological polar surface area (TPSA) is 73.1 Å². The quantitative estimate of drug-likeness (QED) is 0.836. The molecule has 1 aromatic heterocycles. The van der Waals surface area contributed by atoms with Crippen LogP contribution in [-0.4, -0.2) is 17.1 Å². The summed E-state index contributed by atoms with van der Waals surface area (Å²) < 4.78 is 5.09. The molecule has 0 bridgehead atoms. The third kappa shape index (κ3) is 2.92. The molecule has 17 heavy (non-hydrogen) atoms. The molecule has 1 aromatic carbocycles. The number of ether oxygens (including phenoxy) is 1. The summed E-state index contributed by atoms with van der Waals surface area (Å²) in [5.74, 6) is 2.16. The van der Waals surface area contributed by atoms with E-state index >= 15 is 0 Å². The van der Waals surface area contributed by atoms with Crippen LogP contribution in [0.2, 0.25) is 0 Å². The van der Waals surface area contributed by atoms with Crippen molar-refractivity contribution in [2.24, 2.45) is 5.73 Å². The summed E-state index contributed by atoms with van der Waals surface area (Å²) >= 11 is 0. The van der Waals surface area contributed by atoms with Crippen molar-refractivity contribution in [2.75, 3.05) is 12.4 Å². The Morgan fingerprint density at radius 3 is 2.65 bits per heavy atom. The predicted molar refractivity (Wildman–Crippen MR) is 66.2 cm³/mol. The number of nitrogens with zero attached hydrogens (tertiary/aromatic N) is 2. The second-order valence-corrected chi connectivity index (χ2v) is 3.42. The van der Waals surface area contributed by atoms with E-state index in [0.29, 0.717) is 12.4 Å². The van der Waals surface area contributed by atoms with Crippen molar-refractivity contribution >= 4 is 11.5 Å². The summed E-state index contributed by atoms with van der Waals surface area (Å²) in [7, 11) is 1.64. The number of benzene rings is 1. The Labute approximate surface area is 99.7 Å². The molecule has 0 saturated carbocycles. The SMILES string of the molecule is COc1ccc(Nc2ccnc(CN)n2)cc1. The fourth-order valence-electron chi connectivity index (χ4n) is 1.39. The van der Waals surface area contributed by atoms with Gasteiger partial charge in [0.2, 0.25) is 0 Å². The van der Waals surface area contributed by atoms with E-state index in [0.717, 1.165) is 17.3 Å². The maximum Gasteiger partial charge on any atom is 0.144 e. The van der Waals surface area contributed by atoms with Crippen LogP contribution >= 0.6 is 0 Å². The number of rotatable bonds is 4. The maximum atomic E-state index is 5.48. The summed E-state index contributed by atoms with van der Waals surface area (Å²) in [6, 6.07) is 9.40. The lowest BCUT2D eigenvalue weighted by Gasteiger charge is -2.07. The van der Waals surface area contributed by atoms with Crippen LogP contribution in [0.5, 0.6) is 5.75 Å². The molecule has 1 heterocycles. The minimum Gasteiger partial charge on any atom is -0.497 e. The summed E-state index contributed by atoms with van der Waals surface area (Å²) in [6.07, 6.45) is 1.68. The Kier molecular flexibility index (Phi) is 3.52. The number of nitrogens with two attached hydrogens (primary N) is 1. The molecule has 0 saturated heterocycles. The maximum absolute atomic E-state index is 5.48. The second-order valence-electron chi connectivity index (χ2n) is 3.42. The van der Waals surface area contributed by atoms with E-state index in [1.807, 2.05) is 24.3 Å². The lowest BCUT2D eigenvalue weighted by molar-refractivity contribution is 0.415. The molecule has 5 heteroatoms. The molecule has 0 aliphatic carbocycles. The molecule has 88 valence electrons. The molecular formula is C12H14N4O. The van der Waals surface area contributed by atoms with E-state index in [9.17, 15) is 0 Å². The van der Waals surface area contributed by atoms with Crippen molar-refractivity contribution in [3.63, 3.8) is 0 Å². The van der Waals surface area contributed by atoms with Gasteiger partial charge in [-0.05, 0) is 30.3 Å². The van der Waals surface area contributed by atoms with Crippen LogP contribution in [0.4, 0.5) is 11.5 Å². The van der Waals surface area contributed by atoms with Gasteiger partial charge >= 0.3 is 0 Å². The lowest BCUT2D eigenvalue weighted by atomic mass is 10.3. The van der Waals surface area contributed by atoms with Crippen molar-refractivity contribution < 1.29 is 4.74 Å². The van der Waals surface area contributed by atoms with E-state index in [1.54, 1.807) is 19.4 Å². The first-order valence-corrected chi connectivity index (χ1v) is 5.25. The standard InChI is InChI=1S/C12H14N4O/c1-17-10-4-2-9(3-5-10)15-11-6-7-14-12(8-13)16-11/h2-7H,8,13H2,1H3,(H,14,15,16). The summed E-state index contributed by atoms with van der Waals surface area (Å²) in [4.78, 5) is 8.28. The fraction of sp³-hybridized carbons (Fsp3) is 0.167. The molecule has 2 rings (SSSR count). The molecule has 0 spiro atoms. The van der Waals surface area contributed by atoms with Gasteiger partial charge < -0.3 is 15.8 Å². The van der Waals surface area contributed by atoms with Gasteiger partial charge in [0, 0.05) is 11.9 Å². The molecule has 3 N–H and O–H groups in total. The largest absolute Gasteiger partial charge is 0.497 e. The van der Waals surface area contributed by atoms with E-state index in [4.69, 9.17) is 10.5 Å². The Bertz CT molecular complexity index is 484. The van der Waals surface area contributed by atoms with Crippen LogP contribution in [0.3, 0.4) is 0 Å². The van der Waals surface area contributed by atoms with Crippen LogP contribution in [0.15, 0.2) is 36.5 Å². The lowest BCUT2D eigenvalue weighted by Crippen LogP contribution is -2.04. The number of hydrogen-bond acceptors (Lipinski definition) is 5. The molecule has 0 aliphatic rings. The molecule has 0 amide bonds. The van der Waals surface area contributed by atoms with E-state index < -0.39 is 0 Å². The van der Waals surface area contributed by atoms with Crippen molar-refractivity contribution in [2.45, 2.75) is 6.54 Å². The van der Waals surface area contributed by atoms with Crippen LogP contribution in [0.1, 0.15) is 5.82 Å². The van der Waals surface area contributed by atoms with Gasteiger partial charge in [-0.3, -0.25) is 0 Å². The number of methoxy groups -OCH3 is 1. The zero-order valence-electron chi connectivity index (χ0n) is 9.55. The number of aromatic nitrogens is 2. The van der Waals surface area contributed by atoms with Gasteiger partial charge in [-0.1, -0.05) is 0 Å². The molecule has 0 aliphatic heterocycles. The Balaban J connectivity index is 2.13. The monoisotopic (exact) mass is 230 g/mol. The molecule has 0 radical (unpaired) electrons. The van der Waals surface area contributed by atoms with Crippen LogP contribution in [-0.2, 0) is 6.54 Å². The smallest absolute Gasteiger partial charge is 0.144 e. The highest BCUT2D eigenvalue weighted by Crippen LogP contribution is 2.18. The van der Waals surface area contributed by atoms with Gasteiger partial charge in [0.05, 0.1) is 13.7 Å². The van der Waals surface area contributed by atoms with Crippen molar-refractivity contribution in [1.82, 2.24) is 9.97 Å². The predicted octanol–water partition coefficient (Wildman–Crippen LogP) is 1.69. The molecule has 0 unspecified atom stereocenters. The number of anilines is 2. The average molecular weight is 230 g/mol. The van der Waals surface area contributed by atoms with Gasteiger partial charge in [0.1, 0.15) is 17.4 Å². The third-order valence-electron chi connectivity index (χ3n) is 2.25. The summed E-state index contributed by atoms with van der Waals surface area (Å²) in [5, 5.41) is 3.17.